The molecule has 0 saturated heterocycles. The van der Waals surface area contributed by atoms with Crippen molar-refractivity contribution in [1.82, 2.24) is 0 Å². The van der Waals surface area contributed by atoms with E-state index in [4.69, 9.17) is 23.2 Å². The summed E-state index contributed by atoms with van der Waals surface area (Å²) in [5.74, 6) is -0.200. The Kier molecular flexibility index (Phi) is 4.13. The van der Waals surface area contributed by atoms with E-state index in [2.05, 4.69) is 5.32 Å². The minimum absolute atomic E-state index is 0.200. The molecule has 2 nitrogen and oxygen atoms in total. The molecule has 112 valence electrons. The van der Waals surface area contributed by atoms with Crippen molar-refractivity contribution in [3.05, 3.63) is 62.4 Å². The molecule has 1 N–H and O–H groups in total. The molecule has 0 aliphatic carbocycles. The molecule has 0 bridgehead atoms. The monoisotopic (exact) mass is 349 g/mol. The van der Waals surface area contributed by atoms with Gasteiger partial charge in [0.25, 0.3) is 5.91 Å². The predicted molar refractivity (Wildman–Crippen MR) is 95.7 cm³/mol. The molecule has 3 aromatic rings. The first-order chi connectivity index (χ1) is 10.5. The van der Waals surface area contributed by atoms with Crippen LogP contribution in [0.4, 0.5) is 5.69 Å². The Morgan fingerprint density at radius 2 is 1.86 bits per heavy atom. The highest BCUT2D eigenvalue weighted by molar-refractivity contribution is 7.21. The maximum Gasteiger partial charge on any atom is 0.267 e. The SMILES string of the molecule is Cc1ccc2c(Cl)c(C(=O)Nc3ccc(Cl)cc3C)sc2c1. The number of carbonyl (C=O) groups is 1. The van der Waals surface area contributed by atoms with Crippen molar-refractivity contribution in [1.29, 1.82) is 0 Å². The van der Waals surface area contributed by atoms with Crippen molar-refractivity contribution >= 4 is 56.2 Å². The van der Waals surface area contributed by atoms with Gasteiger partial charge in [0.1, 0.15) is 4.88 Å². The summed E-state index contributed by atoms with van der Waals surface area (Å²) in [6.45, 7) is 3.92. The molecule has 22 heavy (non-hydrogen) atoms. The number of amides is 1. The summed E-state index contributed by atoms with van der Waals surface area (Å²) in [4.78, 5) is 13.0. The number of hydrogen-bond donors (Lipinski definition) is 1. The van der Waals surface area contributed by atoms with Gasteiger partial charge in [0.05, 0.1) is 5.02 Å². The molecule has 1 amide bonds. The molecule has 0 radical (unpaired) electrons. The lowest BCUT2D eigenvalue weighted by Crippen LogP contribution is -2.11. The maximum absolute atomic E-state index is 12.5. The van der Waals surface area contributed by atoms with Crippen LogP contribution in [0.25, 0.3) is 10.1 Å². The zero-order chi connectivity index (χ0) is 15.9. The van der Waals surface area contributed by atoms with E-state index in [1.54, 1.807) is 12.1 Å². The maximum atomic E-state index is 12.5. The lowest BCUT2D eigenvalue weighted by atomic mass is 10.2. The topological polar surface area (TPSA) is 29.1 Å². The highest BCUT2D eigenvalue weighted by atomic mass is 35.5. The van der Waals surface area contributed by atoms with Gasteiger partial charge in [0.15, 0.2) is 0 Å². The third-order valence-electron chi connectivity index (χ3n) is 3.43. The highest BCUT2D eigenvalue weighted by Gasteiger charge is 2.17. The van der Waals surface area contributed by atoms with Crippen molar-refractivity contribution in [2.75, 3.05) is 5.32 Å². The van der Waals surface area contributed by atoms with Crippen molar-refractivity contribution < 1.29 is 4.79 Å². The zero-order valence-electron chi connectivity index (χ0n) is 12.0. The third-order valence-corrected chi connectivity index (χ3v) is 5.32. The van der Waals surface area contributed by atoms with E-state index < -0.39 is 0 Å². The number of halogens is 2. The molecule has 1 heterocycles. The Morgan fingerprint density at radius 1 is 1.09 bits per heavy atom. The Balaban J connectivity index is 1.97. The van der Waals surface area contributed by atoms with Crippen LogP contribution in [0.2, 0.25) is 10.0 Å². The summed E-state index contributed by atoms with van der Waals surface area (Å²) in [5.41, 5.74) is 2.79. The lowest BCUT2D eigenvalue weighted by molar-refractivity contribution is 0.103. The van der Waals surface area contributed by atoms with Gasteiger partial charge in [-0.15, -0.1) is 11.3 Å². The van der Waals surface area contributed by atoms with Crippen LogP contribution in [-0.4, -0.2) is 5.91 Å². The van der Waals surface area contributed by atoms with E-state index in [-0.39, 0.29) is 5.91 Å². The van der Waals surface area contributed by atoms with Crippen LogP contribution in [0.15, 0.2) is 36.4 Å². The van der Waals surface area contributed by atoms with E-state index in [9.17, 15) is 4.79 Å². The second-order valence-electron chi connectivity index (χ2n) is 5.16. The standard InChI is InChI=1S/C17H13Cl2NOS/c1-9-3-5-12-14(7-9)22-16(15(12)19)17(21)20-13-6-4-11(18)8-10(13)2/h3-8H,1-2H3,(H,20,21). The van der Waals surface area contributed by atoms with Gasteiger partial charge in [-0.3, -0.25) is 4.79 Å². The predicted octanol–water partition coefficient (Wildman–Crippen LogP) is 6.08. The fourth-order valence-electron chi connectivity index (χ4n) is 2.26. The minimum atomic E-state index is -0.200. The molecule has 0 saturated carbocycles. The lowest BCUT2D eigenvalue weighted by Gasteiger charge is -2.07. The highest BCUT2D eigenvalue weighted by Crippen LogP contribution is 2.36. The van der Waals surface area contributed by atoms with Crippen LogP contribution < -0.4 is 5.32 Å². The third kappa shape index (κ3) is 2.84. The molecular weight excluding hydrogens is 337 g/mol. The molecule has 5 heteroatoms. The molecule has 2 aromatic carbocycles. The average molecular weight is 350 g/mol. The molecule has 1 aromatic heterocycles. The first kappa shape index (κ1) is 15.3. The summed E-state index contributed by atoms with van der Waals surface area (Å²) >= 11 is 13.7. The van der Waals surface area contributed by atoms with E-state index in [1.807, 2.05) is 38.1 Å². The zero-order valence-corrected chi connectivity index (χ0v) is 14.4. The van der Waals surface area contributed by atoms with Gasteiger partial charge in [-0.25, -0.2) is 0 Å². The van der Waals surface area contributed by atoms with Crippen LogP contribution in [0.3, 0.4) is 0 Å². The smallest absolute Gasteiger partial charge is 0.267 e. The fourth-order valence-corrected chi connectivity index (χ4v) is 4.00. The van der Waals surface area contributed by atoms with Crippen molar-refractivity contribution in [2.45, 2.75) is 13.8 Å². The van der Waals surface area contributed by atoms with Gasteiger partial charge < -0.3 is 5.32 Å². The Bertz CT molecular complexity index is 886. The van der Waals surface area contributed by atoms with Crippen molar-refractivity contribution in [3.8, 4) is 0 Å². The molecule has 0 aliphatic heterocycles. The van der Waals surface area contributed by atoms with E-state index in [1.165, 1.54) is 11.3 Å². The van der Waals surface area contributed by atoms with Crippen LogP contribution in [0, 0.1) is 13.8 Å². The Labute approximate surface area is 142 Å². The average Bonchev–Trinajstić information content (AvgIpc) is 2.78. The number of nitrogens with one attached hydrogen (secondary N) is 1. The molecule has 0 unspecified atom stereocenters. The van der Waals surface area contributed by atoms with E-state index in [0.29, 0.717) is 14.9 Å². The first-order valence-corrected chi connectivity index (χ1v) is 8.29. The summed E-state index contributed by atoms with van der Waals surface area (Å²) in [7, 11) is 0. The van der Waals surface area contributed by atoms with Crippen molar-refractivity contribution in [3.63, 3.8) is 0 Å². The number of carbonyl (C=O) groups excluding carboxylic acids is 1. The van der Waals surface area contributed by atoms with Gasteiger partial charge >= 0.3 is 0 Å². The van der Waals surface area contributed by atoms with Gasteiger partial charge in [0, 0.05) is 20.8 Å². The van der Waals surface area contributed by atoms with Crippen LogP contribution in [0.1, 0.15) is 20.8 Å². The number of hydrogen-bond acceptors (Lipinski definition) is 2. The molecule has 0 spiro atoms. The molecule has 0 aliphatic rings. The van der Waals surface area contributed by atoms with Gasteiger partial charge in [0.2, 0.25) is 0 Å². The molecular formula is C17H13Cl2NOS. The van der Waals surface area contributed by atoms with Crippen molar-refractivity contribution in [2.24, 2.45) is 0 Å². The Morgan fingerprint density at radius 3 is 2.59 bits per heavy atom. The second-order valence-corrected chi connectivity index (χ2v) is 7.02. The number of aryl methyl sites for hydroxylation is 2. The van der Waals surface area contributed by atoms with Gasteiger partial charge in [-0.1, -0.05) is 35.3 Å². The minimum Gasteiger partial charge on any atom is -0.321 e. The largest absolute Gasteiger partial charge is 0.321 e. The molecule has 0 atom stereocenters. The number of thiophene rings is 1. The van der Waals surface area contributed by atoms with Gasteiger partial charge in [-0.05, 0) is 49.2 Å². The number of fused-ring (bicyclic) bond motifs is 1. The summed E-state index contributed by atoms with van der Waals surface area (Å²) in [6.07, 6.45) is 0. The molecule has 0 fully saturated rings. The summed E-state index contributed by atoms with van der Waals surface area (Å²) < 4.78 is 1.02. The van der Waals surface area contributed by atoms with E-state index >= 15 is 0 Å². The summed E-state index contributed by atoms with van der Waals surface area (Å²) in [5, 5.41) is 4.96. The van der Waals surface area contributed by atoms with Crippen LogP contribution in [0.5, 0.6) is 0 Å². The fraction of sp³-hybridized carbons (Fsp3) is 0.118. The number of rotatable bonds is 2. The summed E-state index contributed by atoms with van der Waals surface area (Å²) in [6, 6.07) is 11.3. The number of benzene rings is 2. The normalized spacial score (nSPS) is 10.9. The van der Waals surface area contributed by atoms with E-state index in [0.717, 1.165) is 26.9 Å². The Hall–Kier alpha value is -1.55. The first-order valence-electron chi connectivity index (χ1n) is 6.72. The molecule has 3 rings (SSSR count). The quantitative estimate of drug-likeness (QED) is 0.596. The van der Waals surface area contributed by atoms with Crippen LogP contribution >= 0.6 is 34.5 Å². The number of anilines is 1. The van der Waals surface area contributed by atoms with Gasteiger partial charge in [-0.2, -0.15) is 0 Å². The second kappa shape index (κ2) is 5.92. The van der Waals surface area contributed by atoms with Crippen LogP contribution in [-0.2, 0) is 0 Å².